The molecule has 0 unspecified atom stereocenters. The lowest BCUT2D eigenvalue weighted by Gasteiger charge is -2.28. The molecule has 0 amide bonds. The van der Waals surface area contributed by atoms with Gasteiger partial charge in [-0.1, -0.05) is 414 Å². The van der Waals surface area contributed by atoms with Crippen LogP contribution in [0.15, 0.2) is 550 Å². The van der Waals surface area contributed by atoms with E-state index in [0.29, 0.717) is 0 Å². The van der Waals surface area contributed by atoms with Gasteiger partial charge in [0.2, 0.25) is 0 Å². The zero-order chi connectivity index (χ0) is 99.4. The summed E-state index contributed by atoms with van der Waals surface area (Å²) < 4.78 is 34.5. The largest absolute Gasteiger partial charge is 0.455 e. The molecule has 6 heterocycles. The monoisotopic (exact) mass is 1940 g/mol. The van der Waals surface area contributed by atoms with Gasteiger partial charge in [0, 0.05) is 126 Å². The SMILES string of the molecule is CC1(C)c2ccccc2-c2ccc(N(c3ccc(-c4ccc(-c5cccc6c5oc5ccccc56)cc4)cc3)c3cccc4c3sc3ccccc34)cc21.c1ccc(-c2ccc(N(c3ccc(-c4ccc(-c5cccc6c5oc5ccccc56)cc4)cc3)c3cccc4c3oc3ccccc34)cc2)cc1.c1ccc(N(c2ccc(-c3ccc(-c4cccc5c4oc4ccccc45)cc3)cc2)c2cccc3c2oc2ccccc23)cc1. The molecule has 0 saturated heterocycles. The molecule has 0 aliphatic heterocycles. The third kappa shape index (κ3) is 15.4. The van der Waals surface area contributed by atoms with E-state index in [4.69, 9.17) is 22.1 Å². The predicted octanol–water partition coefficient (Wildman–Crippen LogP) is 41.3. The number of fused-ring (bicyclic) bond motifs is 21. The smallest absolute Gasteiger partial charge is 0.159 e. The van der Waals surface area contributed by atoms with Gasteiger partial charge in [0.15, 0.2) is 11.2 Å². The van der Waals surface area contributed by atoms with Crippen LogP contribution >= 0.6 is 11.3 Å². The lowest BCUT2D eigenvalue weighted by atomic mass is 9.82. The van der Waals surface area contributed by atoms with Crippen molar-refractivity contribution < 1.29 is 22.1 Å². The molecule has 0 radical (unpaired) electrons. The Morgan fingerprint density at radius 2 is 0.420 bits per heavy atom. The second-order valence-corrected chi connectivity index (χ2v) is 40.2. The number of hydrogen-bond acceptors (Lipinski definition) is 9. The van der Waals surface area contributed by atoms with E-state index >= 15 is 0 Å². The highest BCUT2D eigenvalue weighted by atomic mass is 32.1. The van der Waals surface area contributed by atoms with Gasteiger partial charge in [0.25, 0.3) is 0 Å². The molecule has 0 atom stereocenters. The summed E-state index contributed by atoms with van der Waals surface area (Å²) in [5, 5.41) is 13.9. The molecule has 0 bridgehead atoms. The lowest BCUT2D eigenvalue weighted by Crippen LogP contribution is -2.16. The number of benzene rings is 23. The van der Waals surface area contributed by atoms with Crippen LogP contribution in [0.25, 0.3) is 219 Å². The van der Waals surface area contributed by atoms with E-state index in [9.17, 15) is 0 Å². The zero-order valence-corrected chi connectivity index (χ0v) is 82.8. The third-order valence-electron chi connectivity index (χ3n) is 30.1. The first-order valence-corrected chi connectivity index (χ1v) is 51.8. The first-order valence-electron chi connectivity index (χ1n) is 51.0. The van der Waals surface area contributed by atoms with Crippen LogP contribution < -0.4 is 14.7 Å². The maximum Gasteiger partial charge on any atom is 0.159 e. The van der Waals surface area contributed by atoms with Crippen molar-refractivity contribution in [3.05, 3.63) is 539 Å². The predicted molar refractivity (Wildman–Crippen MR) is 628 cm³/mol. The number of para-hydroxylation sites is 11. The summed E-state index contributed by atoms with van der Waals surface area (Å²) in [5.41, 5.74) is 40.2. The Morgan fingerprint density at radius 1 is 0.167 bits per heavy atom. The Morgan fingerprint density at radius 3 is 0.813 bits per heavy atom. The summed E-state index contributed by atoms with van der Waals surface area (Å²) in [7, 11) is 0. The zero-order valence-electron chi connectivity index (χ0n) is 82.0. The summed E-state index contributed by atoms with van der Waals surface area (Å²) >= 11 is 1.87. The molecule has 29 aromatic rings. The van der Waals surface area contributed by atoms with Crippen molar-refractivity contribution in [2.24, 2.45) is 0 Å². The van der Waals surface area contributed by atoms with Gasteiger partial charge >= 0.3 is 0 Å². The Kier molecular flexibility index (Phi) is 21.7. The topological polar surface area (TPSA) is 75.4 Å². The molecular formula is C141H93N3O5S. The highest BCUT2D eigenvalue weighted by Crippen LogP contribution is 2.55. The molecule has 6 aromatic heterocycles. The van der Waals surface area contributed by atoms with Gasteiger partial charge in [-0.15, -0.1) is 11.3 Å². The Bertz CT molecular complexity index is 10200. The first-order chi connectivity index (χ1) is 74.1. The molecule has 0 spiro atoms. The number of hydrogen-bond donors (Lipinski definition) is 0. The van der Waals surface area contributed by atoms with E-state index < -0.39 is 0 Å². The summed E-state index contributed by atoms with van der Waals surface area (Å²) in [6, 6.07) is 187. The summed E-state index contributed by atoms with van der Waals surface area (Å²) in [6.07, 6.45) is 0. The van der Waals surface area contributed by atoms with E-state index in [0.717, 1.165) is 211 Å². The standard InChI is InChI=1S/C51H35NOS.C48H31NO2.C42H27NO2/c1-51(2)44-17-6-3-11-38(44)39-30-29-36(31-45(39)51)52(46-18-10-16-43-41-13-5-8-20-48(41)54-50(43)46)35-27-25-33(26-28-35)32-21-23-34(24-22-32)37-14-9-15-42-40-12-4-7-19-47(40)53-49(37)42;1-2-10-32(11-3-1)34-24-28-37(29-25-34)49(44-17-9-16-43-41-13-5-7-19-46(41)51-48(43)44)38-30-26-35(27-31-38)33-20-22-36(23-21-33)39-14-8-15-42-40-12-4-6-18-45(40)50-47(39)42;1-2-10-31(11-3-1)43(38-17-9-16-37-35-13-5-7-19-40(35)45-42(37)38)32-26-24-29(25-27-32)28-20-22-30(23-21-28)33-14-8-15-36-34-12-4-6-18-39(34)44-41(33)36/h3-31H,1-2H3;1-31H;1-27H. The van der Waals surface area contributed by atoms with Crippen LogP contribution in [-0.4, -0.2) is 0 Å². The Labute approximate surface area is 870 Å². The van der Waals surface area contributed by atoms with Crippen LogP contribution in [-0.2, 0) is 5.41 Å². The van der Waals surface area contributed by atoms with Crippen molar-refractivity contribution in [1.29, 1.82) is 0 Å². The van der Waals surface area contributed by atoms with Gasteiger partial charge in [-0.25, -0.2) is 0 Å². The molecule has 9 heteroatoms. The number of thiophene rings is 1. The van der Waals surface area contributed by atoms with Gasteiger partial charge in [0.1, 0.15) is 44.7 Å². The molecule has 1 aliphatic carbocycles. The van der Waals surface area contributed by atoms with E-state index in [1.54, 1.807) is 0 Å². The maximum atomic E-state index is 6.54. The van der Waals surface area contributed by atoms with Gasteiger partial charge < -0.3 is 36.8 Å². The number of anilines is 9. The second kappa shape index (κ2) is 36.8. The summed E-state index contributed by atoms with van der Waals surface area (Å²) in [4.78, 5) is 7.02. The van der Waals surface area contributed by atoms with E-state index in [1.807, 2.05) is 78.1 Å². The minimum Gasteiger partial charge on any atom is -0.455 e. The average Bonchev–Trinajstić information content (AvgIpc) is 1.57. The van der Waals surface area contributed by atoms with Crippen LogP contribution in [0.5, 0.6) is 0 Å². The molecule has 30 rings (SSSR count). The van der Waals surface area contributed by atoms with Crippen LogP contribution in [0.4, 0.5) is 51.2 Å². The van der Waals surface area contributed by atoms with Crippen molar-refractivity contribution in [2.75, 3.05) is 14.7 Å². The summed E-state index contributed by atoms with van der Waals surface area (Å²) in [6.45, 7) is 4.71. The molecule has 0 saturated carbocycles. The van der Waals surface area contributed by atoms with E-state index in [-0.39, 0.29) is 5.41 Å². The fourth-order valence-corrected chi connectivity index (χ4v) is 23.9. The lowest BCUT2D eigenvalue weighted by molar-refractivity contribution is 0.660. The van der Waals surface area contributed by atoms with Crippen molar-refractivity contribution in [2.45, 2.75) is 19.3 Å². The van der Waals surface area contributed by atoms with Crippen LogP contribution in [0, 0.1) is 0 Å². The van der Waals surface area contributed by atoms with Gasteiger partial charge in [-0.2, -0.15) is 0 Å². The average molecular weight is 1940 g/mol. The maximum absolute atomic E-state index is 6.54. The Balaban J connectivity index is 0.000000108. The van der Waals surface area contributed by atoms with E-state index in [2.05, 4.69) is 490 Å². The highest BCUT2D eigenvalue weighted by molar-refractivity contribution is 7.26. The third-order valence-corrected chi connectivity index (χ3v) is 31.3. The van der Waals surface area contributed by atoms with Crippen molar-refractivity contribution >= 4 is 192 Å². The highest BCUT2D eigenvalue weighted by Gasteiger charge is 2.37. The molecule has 0 fully saturated rings. The summed E-state index contributed by atoms with van der Waals surface area (Å²) in [5.74, 6) is 0. The minimum atomic E-state index is -0.0941. The van der Waals surface area contributed by atoms with Gasteiger partial charge in [0.05, 0.1) is 21.8 Å². The number of furan rings is 5. The van der Waals surface area contributed by atoms with Crippen LogP contribution in [0.3, 0.4) is 0 Å². The molecule has 8 nitrogen and oxygen atoms in total. The first kappa shape index (κ1) is 88.4. The Hall–Kier alpha value is -19.3. The van der Waals surface area contributed by atoms with Crippen molar-refractivity contribution in [3.63, 3.8) is 0 Å². The van der Waals surface area contributed by atoms with Crippen molar-refractivity contribution in [3.8, 4) is 89.0 Å². The molecule has 708 valence electrons. The minimum absolute atomic E-state index is 0.0941. The normalized spacial score (nSPS) is 12.1. The van der Waals surface area contributed by atoms with Crippen molar-refractivity contribution in [1.82, 2.24) is 0 Å². The van der Waals surface area contributed by atoms with Gasteiger partial charge in [-0.05, 0) is 211 Å². The molecular weight excluding hydrogens is 1850 g/mol. The van der Waals surface area contributed by atoms with Gasteiger partial charge in [-0.3, -0.25) is 0 Å². The number of rotatable bonds is 16. The fourth-order valence-electron chi connectivity index (χ4n) is 22.7. The molecule has 1 aliphatic rings. The van der Waals surface area contributed by atoms with E-state index in [1.165, 1.54) is 70.4 Å². The van der Waals surface area contributed by atoms with Crippen LogP contribution in [0.2, 0.25) is 0 Å². The molecule has 0 N–H and O–H groups in total. The number of nitrogens with zero attached hydrogens (tertiary/aromatic N) is 3. The molecule has 23 aromatic carbocycles. The molecule has 150 heavy (non-hydrogen) atoms. The quantitative estimate of drug-likeness (QED) is 0.0947. The second-order valence-electron chi connectivity index (χ2n) is 39.1. The van der Waals surface area contributed by atoms with Crippen LogP contribution in [0.1, 0.15) is 25.0 Å². The fraction of sp³-hybridized carbons (Fsp3) is 0.0213.